The van der Waals surface area contributed by atoms with Crippen molar-refractivity contribution in [2.45, 2.75) is 99.5 Å². The van der Waals surface area contributed by atoms with Crippen molar-refractivity contribution in [3.05, 3.63) is 53.1 Å². The Bertz CT molecular complexity index is 921. The van der Waals surface area contributed by atoms with Crippen molar-refractivity contribution in [3.8, 4) is 5.75 Å². The number of hydrogen-bond donors (Lipinski definition) is 1. The molecule has 0 heterocycles. The van der Waals surface area contributed by atoms with Crippen molar-refractivity contribution in [1.29, 1.82) is 0 Å². The highest BCUT2D eigenvalue weighted by atomic mass is 16.5. The molecule has 3 nitrogen and oxygen atoms in total. The highest BCUT2D eigenvalue weighted by Gasteiger charge is 2.43. The van der Waals surface area contributed by atoms with Gasteiger partial charge in [0.05, 0.1) is 5.92 Å². The fraction of sp³-hybridized carbons (Fsp3) is 0.621. The van der Waals surface area contributed by atoms with Crippen LogP contribution in [-0.2, 0) is 15.6 Å². The number of carbonyl (C=O) groups excluding carboxylic acids is 1. The largest absolute Gasteiger partial charge is 0.426 e. The van der Waals surface area contributed by atoms with Crippen molar-refractivity contribution in [2.24, 2.45) is 16.7 Å². The SMILES string of the molecule is CC(C)(C)C1=CC(O)(C(C)(C)C)C=CC1C(=O)Oc1ccc(C(C)(C)C)cc1C(C)(C)C. The van der Waals surface area contributed by atoms with Crippen LogP contribution < -0.4 is 4.74 Å². The molecule has 0 amide bonds. The van der Waals surface area contributed by atoms with Gasteiger partial charge in [-0.3, -0.25) is 4.79 Å². The predicted molar refractivity (Wildman–Crippen MR) is 134 cm³/mol. The Morgan fingerprint density at radius 3 is 1.88 bits per heavy atom. The Labute approximate surface area is 196 Å². The second kappa shape index (κ2) is 8.17. The molecule has 1 aromatic carbocycles. The first kappa shape index (κ1) is 26.4. The fourth-order valence-corrected chi connectivity index (χ4v) is 3.92. The maximum Gasteiger partial charge on any atom is 0.322 e. The summed E-state index contributed by atoms with van der Waals surface area (Å²) in [5.41, 5.74) is 1.15. The molecule has 1 aromatic rings. The molecule has 1 aliphatic carbocycles. The Hall–Kier alpha value is -1.87. The van der Waals surface area contributed by atoms with E-state index in [4.69, 9.17) is 4.74 Å². The van der Waals surface area contributed by atoms with Crippen molar-refractivity contribution in [2.75, 3.05) is 0 Å². The Morgan fingerprint density at radius 1 is 0.875 bits per heavy atom. The molecule has 2 atom stereocenters. The minimum Gasteiger partial charge on any atom is -0.426 e. The lowest BCUT2D eigenvalue weighted by molar-refractivity contribution is -0.136. The number of benzene rings is 1. The van der Waals surface area contributed by atoms with Crippen LogP contribution in [0.5, 0.6) is 5.75 Å². The molecule has 0 saturated carbocycles. The van der Waals surface area contributed by atoms with E-state index in [9.17, 15) is 9.90 Å². The van der Waals surface area contributed by atoms with Crippen LogP contribution in [-0.4, -0.2) is 16.7 Å². The van der Waals surface area contributed by atoms with Crippen molar-refractivity contribution in [1.82, 2.24) is 0 Å². The summed E-state index contributed by atoms with van der Waals surface area (Å²) in [5.74, 6) is -0.242. The zero-order valence-electron chi connectivity index (χ0n) is 22.3. The van der Waals surface area contributed by atoms with Crippen LogP contribution in [0.4, 0.5) is 0 Å². The summed E-state index contributed by atoms with van der Waals surface area (Å²) < 4.78 is 6.05. The van der Waals surface area contributed by atoms with Gasteiger partial charge in [-0.1, -0.05) is 107 Å². The van der Waals surface area contributed by atoms with Crippen LogP contribution in [0.3, 0.4) is 0 Å². The molecule has 178 valence electrons. The predicted octanol–water partition coefficient (Wildman–Crippen LogP) is 7.12. The van der Waals surface area contributed by atoms with Crippen molar-refractivity contribution in [3.63, 3.8) is 0 Å². The third-order valence-corrected chi connectivity index (χ3v) is 6.44. The maximum absolute atomic E-state index is 13.5. The molecule has 1 N–H and O–H groups in total. The lowest BCUT2D eigenvalue weighted by Crippen LogP contribution is -2.43. The van der Waals surface area contributed by atoms with E-state index in [1.54, 1.807) is 6.08 Å². The average Bonchev–Trinajstić information content (AvgIpc) is 2.58. The van der Waals surface area contributed by atoms with Gasteiger partial charge in [0.15, 0.2) is 0 Å². The summed E-state index contributed by atoms with van der Waals surface area (Å²) in [6, 6.07) is 6.14. The second-order valence-electron chi connectivity index (χ2n) is 13.4. The summed E-state index contributed by atoms with van der Waals surface area (Å²) >= 11 is 0. The van der Waals surface area contributed by atoms with Crippen LogP contribution in [0.1, 0.15) is 94.2 Å². The number of hydrogen-bond acceptors (Lipinski definition) is 3. The number of aliphatic hydroxyl groups is 1. The molecule has 0 bridgehead atoms. The highest BCUT2D eigenvalue weighted by Crippen LogP contribution is 2.44. The normalized spacial score (nSPS) is 22.5. The van der Waals surface area contributed by atoms with E-state index in [1.807, 2.05) is 45.1 Å². The minimum atomic E-state index is -1.11. The average molecular weight is 441 g/mol. The van der Waals surface area contributed by atoms with Crippen LogP contribution in [0.2, 0.25) is 0 Å². The summed E-state index contributed by atoms with van der Waals surface area (Å²) in [5, 5.41) is 11.3. The number of rotatable bonds is 2. The van der Waals surface area contributed by atoms with Gasteiger partial charge in [0, 0.05) is 5.56 Å². The molecule has 0 aliphatic heterocycles. The van der Waals surface area contributed by atoms with E-state index in [0.717, 1.165) is 11.1 Å². The van der Waals surface area contributed by atoms with E-state index in [1.165, 1.54) is 5.56 Å². The fourth-order valence-electron chi connectivity index (χ4n) is 3.92. The Kier molecular flexibility index (Phi) is 6.73. The van der Waals surface area contributed by atoms with Gasteiger partial charge in [0.2, 0.25) is 0 Å². The van der Waals surface area contributed by atoms with E-state index in [0.29, 0.717) is 5.75 Å². The summed E-state index contributed by atoms with van der Waals surface area (Å²) in [4.78, 5) is 13.5. The molecule has 2 unspecified atom stereocenters. The van der Waals surface area contributed by atoms with Crippen molar-refractivity contribution >= 4 is 5.97 Å². The molecule has 0 fully saturated rings. The van der Waals surface area contributed by atoms with Gasteiger partial charge in [-0.25, -0.2) is 0 Å². The molecular weight excluding hydrogens is 396 g/mol. The van der Waals surface area contributed by atoms with Gasteiger partial charge < -0.3 is 9.84 Å². The highest BCUT2D eigenvalue weighted by molar-refractivity contribution is 5.81. The zero-order chi connectivity index (χ0) is 24.9. The molecule has 1 aliphatic rings. The molecule has 2 rings (SSSR count). The standard InChI is InChI=1S/C29H44O3/c1-25(2,3)19-13-14-23(21(17-19)26(4,5)6)32-24(30)20-15-16-29(31,28(10,11)12)18-22(20)27(7,8)9/h13-18,20,31H,1-12H3. The summed E-state index contributed by atoms with van der Waals surface area (Å²) in [6.45, 7) is 25.2. The van der Waals surface area contributed by atoms with E-state index >= 15 is 0 Å². The lowest BCUT2D eigenvalue weighted by atomic mass is 9.67. The smallest absolute Gasteiger partial charge is 0.322 e. The summed E-state index contributed by atoms with van der Waals surface area (Å²) in [7, 11) is 0. The maximum atomic E-state index is 13.5. The number of esters is 1. The quantitative estimate of drug-likeness (QED) is 0.302. The molecule has 0 saturated heterocycles. The van der Waals surface area contributed by atoms with E-state index in [-0.39, 0.29) is 22.2 Å². The van der Waals surface area contributed by atoms with Crippen LogP contribution >= 0.6 is 0 Å². The molecule has 3 heteroatoms. The van der Waals surface area contributed by atoms with Gasteiger partial charge in [0.25, 0.3) is 0 Å². The first-order valence-corrected chi connectivity index (χ1v) is 11.7. The monoisotopic (exact) mass is 440 g/mol. The van der Waals surface area contributed by atoms with Gasteiger partial charge in [-0.05, 0) is 44.9 Å². The van der Waals surface area contributed by atoms with Crippen molar-refractivity contribution < 1.29 is 14.6 Å². The van der Waals surface area contributed by atoms with E-state index < -0.39 is 16.9 Å². The number of carbonyl (C=O) groups is 1. The van der Waals surface area contributed by atoms with Gasteiger partial charge >= 0.3 is 5.97 Å². The van der Waals surface area contributed by atoms with Crippen LogP contribution in [0.15, 0.2) is 42.0 Å². The Balaban J connectivity index is 2.49. The first-order chi connectivity index (χ1) is 14.2. The Morgan fingerprint density at radius 2 is 1.44 bits per heavy atom. The topological polar surface area (TPSA) is 46.5 Å². The van der Waals surface area contributed by atoms with Gasteiger partial charge in [-0.15, -0.1) is 0 Å². The lowest BCUT2D eigenvalue weighted by Gasteiger charge is -2.42. The third kappa shape index (κ3) is 5.54. The van der Waals surface area contributed by atoms with Gasteiger partial charge in [-0.2, -0.15) is 0 Å². The molecule has 0 radical (unpaired) electrons. The zero-order valence-corrected chi connectivity index (χ0v) is 22.3. The first-order valence-electron chi connectivity index (χ1n) is 11.7. The van der Waals surface area contributed by atoms with E-state index in [2.05, 4.69) is 68.4 Å². The summed E-state index contributed by atoms with van der Waals surface area (Å²) in [6.07, 6.45) is 5.43. The molecule has 0 spiro atoms. The molecule has 32 heavy (non-hydrogen) atoms. The third-order valence-electron chi connectivity index (χ3n) is 6.44. The number of ether oxygens (including phenoxy) is 1. The molecule has 0 aromatic heterocycles. The van der Waals surface area contributed by atoms with Crippen LogP contribution in [0.25, 0.3) is 0 Å². The van der Waals surface area contributed by atoms with Crippen LogP contribution in [0, 0.1) is 16.7 Å². The molecular formula is C29H44O3. The minimum absolute atomic E-state index is 0.00814. The second-order valence-corrected chi connectivity index (χ2v) is 13.4. The van der Waals surface area contributed by atoms with Gasteiger partial charge in [0.1, 0.15) is 11.4 Å².